The van der Waals surface area contributed by atoms with Crippen LogP contribution in [0.2, 0.25) is 0 Å². The zero-order valence-corrected chi connectivity index (χ0v) is 14.6. The number of hydrogen-bond donors (Lipinski definition) is 0. The van der Waals surface area contributed by atoms with Crippen LogP contribution in [0.15, 0.2) is 58.5 Å². The van der Waals surface area contributed by atoms with Gasteiger partial charge in [-0.05, 0) is 48.9 Å². The summed E-state index contributed by atoms with van der Waals surface area (Å²) in [4.78, 5) is 9.67. The topological polar surface area (TPSA) is 59.9 Å². The van der Waals surface area contributed by atoms with Crippen molar-refractivity contribution in [2.45, 2.75) is 23.6 Å². The molecule has 0 N–H and O–H groups in total. The number of pyridine rings is 2. The van der Waals surface area contributed by atoms with E-state index in [2.05, 4.69) is 9.97 Å². The highest BCUT2D eigenvalue weighted by Gasteiger charge is 2.32. The highest BCUT2D eigenvalue weighted by atomic mass is 32.2. The number of nitrogens with zero attached hydrogens (tertiary/aromatic N) is 2. The molecule has 5 rings (SSSR count). The largest absolute Gasteiger partial charge is 0.258 e. The van der Waals surface area contributed by atoms with Crippen LogP contribution in [0.4, 0.5) is 0 Å². The van der Waals surface area contributed by atoms with Crippen molar-refractivity contribution in [3.05, 3.63) is 60.0 Å². The van der Waals surface area contributed by atoms with Crippen LogP contribution in [-0.4, -0.2) is 18.4 Å². The summed E-state index contributed by atoms with van der Waals surface area (Å²) in [6, 6.07) is 12.7. The van der Waals surface area contributed by atoms with Crippen molar-refractivity contribution in [3.8, 4) is 11.3 Å². The molecule has 1 aliphatic heterocycles. The smallest absolute Gasteiger partial charge is 0.207 e. The minimum atomic E-state index is -3.59. The molecule has 0 unspecified atom stereocenters. The van der Waals surface area contributed by atoms with Crippen LogP contribution in [0, 0.1) is 13.8 Å². The second kappa shape index (κ2) is 4.64. The molecule has 3 heterocycles. The number of sulfone groups is 1. The fraction of sp³-hybridized carbons (Fsp3) is 0.100. The van der Waals surface area contributed by atoms with Crippen molar-refractivity contribution < 1.29 is 8.42 Å². The van der Waals surface area contributed by atoms with E-state index in [1.165, 1.54) is 0 Å². The number of rotatable bonds is 0. The average molecular weight is 346 g/mol. The van der Waals surface area contributed by atoms with Gasteiger partial charge in [-0.2, -0.15) is 0 Å². The van der Waals surface area contributed by atoms with E-state index in [0.717, 1.165) is 33.2 Å². The number of benzene rings is 2. The molecule has 0 radical (unpaired) electrons. The fourth-order valence-corrected chi connectivity index (χ4v) is 5.51. The van der Waals surface area contributed by atoms with Gasteiger partial charge in [0.05, 0.1) is 15.5 Å². The Kier molecular flexibility index (Phi) is 2.70. The highest BCUT2D eigenvalue weighted by molar-refractivity contribution is 7.92. The van der Waals surface area contributed by atoms with Crippen molar-refractivity contribution in [2.24, 2.45) is 0 Å². The van der Waals surface area contributed by atoms with Gasteiger partial charge in [0.2, 0.25) is 9.84 Å². The Balaban J connectivity index is 2.13. The van der Waals surface area contributed by atoms with Gasteiger partial charge < -0.3 is 0 Å². The maximum absolute atomic E-state index is 13.3. The highest BCUT2D eigenvalue weighted by Crippen LogP contribution is 2.45. The van der Waals surface area contributed by atoms with E-state index >= 15 is 0 Å². The molecule has 0 saturated heterocycles. The Labute approximate surface area is 145 Å². The van der Waals surface area contributed by atoms with E-state index in [1.54, 1.807) is 24.4 Å². The molecule has 0 fully saturated rings. The summed E-state index contributed by atoms with van der Waals surface area (Å²) in [7, 11) is -3.59. The van der Waals surface area contributed by atoms with Crippen molar-refractivity contribution in [1.29, 1.82) is 0 Å². The molecule has 0 amide bonds. The average Bonchev–Trinajstić information content (AvgIpc) is 2.60. The normalized spacial score (nSPS) is 14.6. The van der Waals surface area contributed by atoms with Gasteiger partial charge in [-0.25, -0.2) is 8.42 Å². The molecule has 0 atom stereocenters. The summed E-state index contributed by atoms with van der Waals surface area (Å²) in [6.45, 7) is 3.87. The summed E-state index contributed by atoms with van der Waals surface area (Å²) < 4.78 is 26.5. The maximum atomic E-state index is 13.3. The molecule has 2 aromatic heterocycles. The minimum absolute atomic E-state index is 0.319. The van der Waals surface area contributed by atoms with Crippen molar-refractivity contribution in [3.63, 3.8) is 0 Å². The molecule has 5 heteroatoms. The Morgan fingerprint density at radius 3 is 2.52 bits per heavy atom. The molecular weight excluding hydrogens is 332 g/mol. The van der Waals surface area contributed by atoms with E-state index in [4.69, 9.17) is 0 Å². The molecule has 25 heavy (non-hydrogen) atoms. The second-order valence-corrected chi connectivity index (χ2v) is 8.29. The van der Waals surface area contributed by atoms with E-state index in [0.29, 0.717) is 20.7 Å². The second-order valence-electron chi connectivity index (χ2n) is 6.40. The van der Waals surface area contributed by atoms with Crippen LogP contribution in [0.5, 0.6) is 0 Å². The molecule has 2 aromatic carbocycles. The molecule has 0 bridgehead atoms. The van der Waals surface area contributed by atoms with Gasteiger partial charge in [0.1, 0.15) is 0 Å². The summed E-state index contributed by atoms with van der Waals surface area (Å²) >= 11 is 0. The Morgan fingerprint density at radius 2 is 1.68 bits per heavy atom. The number of aryl methyl sites for hydroxylation is 2. The van der Waals surface area contributed by atoms with Crippen molar-refractivity contribution >= 4 is 31.4 Å². The van der Waals surface area contributed by atoms with Crippen LogP contribution in [-0.2, 0) is 9.84 Å². The van der Waals surface area contributed by atoms with Crippen LogP contribution in [0.1, 0.15) is 11.4 Å². The number of aromatic nitrogens is 2. The van der Waals surface area contributed by atoms with E-state index in [-0.39, 0.29) is 0 Å². The maximum Gasteiger partial charge on any atom is 0.207 e. The van der Waals surface area contributed by atoms with E-state index < -0.39 is 9.84 Å². The van der Waals surface area contributed by atoms with Crippen LogP contribution in [0.25, 0.3) is 32.8 Å². The van der Waals surface area contributed by atoms with E-state index in [9.17, 15) is 8.42 Å². The number of fused-ring (bicyclic) bond motifs is 4. The first-order valence-electron chi connectivity index (χ1n) is 8.02. The van der Waals surface area contributed by atoms with Gasteiger partial charge >= 0.3 is 0 Å². The standard InChI is InChI=1S/C20H14N2O2S/c1-11-9-16-13-7-8-21-20-14-5-3-4-6-17(14)25(23,24)18(19(13)20)10-15(16)12(2)22-11/h3-10H,1-2H3. The number of hydrogen-bond acceptors (Lipinski definition) is 4. The molecule has 0 spiro atoms. The lowest BCUT2D eigenvalue weighted by Crippen LogP contribution is -2.11. The summed E-state index contributed by atoms with van der Waals surface area (Å²) in [5.41, 5.74) is 3.15. The lowest BCUT2D eigenvalue weighted by Gasteiger charge is -2.21. The third-order valence-corrected chi connectivity index (χ3v) is 6.70. The quantitative estimate of drug-likeness (QED) is 0.394. The SMILES string of the molecule is Cc1cc2c(cc3c4c(nccc42)-c2ccccc2S3(=O)=O)c(C)n1. The first-order valence-corrected chi connectivity index (χ1v) is 9.51. The van der Waals surface area contributed by atoms with Crippen LogP contribution >= 0.6 is 0 Å². The lowest BCUT2D eigenvalue weighted by atomic mass is 9.97. The molecular formula is C20H14N2O2S. The Morgan fingerprint density at radius 1 is 0.880 bits per heavy atom. The van der Waals surface area contributed by atoms with Gasteiger partial charge in [0.15, 0.2) is 0 Å². The third-order valence-electron chi connectivity index (χ3n) is 4.86. The molecule has 1 aliphatic rings. The Hall–Kier alpha value is -2.79. The zero-order valence-electron chi connectivity index (χ0n) is 13.7. The lowest BCUT2D eigenvalue weighted by molar-refractivity contribution is 0.596. The van der Waals surface area contributed by atoms with Gasteiger partial charge in [0.25, 0.3) is 0 Å². The van der Waals surface area contributed by atoms with Crippen LogP contribution in [0.3, 0.4) is 0 Å². The van der Waals surface area contributed by atoms with Gasteiger partial charge in [-0.1, -0.05) is 18.2 Å². The first kappa shape index (κ1) is 14.5. The summed E-state index contributed by atoms with van der Waals surface area (Å²) in [5.74, 6) is 0. The Bertz CT molecular complexity index is 1320. The van der Waals surface area contributed by atoms with E-state index in [1.807, 2.05) is 38.1 Å². The first-order chi connectivity index (χ1) is 12.0. The summed E-state index contributed by atoms with van der Waals surface area (Å²) in [5, 5.41) is 3.50. The van der Waals surface area contributed by atoms with Gasteiger partial charge in [-0.15, -0.1) is 0 Å². The van der Waals surface area contributed by atoms with Crippen molar-refractivity contribution in [1.82, 2.24) is 9.97 Å². The van der Waals surface area contributed by atoms with Crippen molar-refractivity contribution in [2.75, 3.05) is 0 Å². The minimum Gasteiger partial charge on any atom is -0.258 e. The summed E-state index contributed by atoms with van der Waals surface area (Å²) in [6.07, 6.45) is 1.75. The van der Waals surface area contributed by atoms with Gasteiger partial charge in [-0.3, -0.25) is 9.97 Å². The zero-order chi connectivity index (χ0) is 17.3. The monoisotopic (exact) mass is 346 g/mol. The predicted molar refractivity (Wildman–Crippen MR) is 97.4 cm³/mol. The molecule has 0 saturated carbocycles. The van der Waals surface area contributed by atoms with Gasteiger partial charge in [0, 0.05) is 33.9 Å². The molecule has 0 aliphatic carbocycles. The predicted octanol–water partition coefficient (Wildman–Crippen LogP) is 4.21. The molecule has 4 aromatic rings. The molecule has 122 valence electrons. The van der Waals surface area contributed by atoms with Crippen LogP contribution < -0.4 is 0 Å². The fourth-order valence-electron chi connectivity index (χ4n) is 3.81. The third kappa shape index (κ3) is 1.79. The molecule has 4 nitrogen and oxygen atoms in total.